The van der Waals surface area contributed by atoms with E-state index < -0.39 is 8.80 Å². The van der Waals surface area contributed by atoms with Gasteiger partial charge in [0.1, 0.15) is 0 Å². The minimum Gasteiger partial charge on any atom is -0.374 e. The van der Waals surface area contributed by atoms with E-state index in [-0.39, 0.29) is 0 Å². The van der Waals surface area contributed by atoms with E-state index in [1.165, 1.54) is 10.5 Å². The zero-order chi connectivity index (χ0) is 14.1. The van der Waals surface area contributed by atoms with Crippen LogP contribution in [0.3, 0.4) is 0 Å². The molecule has 1 aromatic rings. The first-order valence-electron chi connectivity index (χ1n) is 6.74. The van der Waals surface area contributed by atoms with Crippen molar-refractivity contribution in [1.82, 2.24) is 0 Å². The van der Waals surface area contributed by atoms with Crippen LogP contribution in [-0.2, 0) is 19.3 Å². The Morgan fingerprint density at radius 3 is 1.74 bits per heavy atom. The molecule has 0 amide bonds. The first kappa shape index (κ1) is 16.7. The minimum absolute atomic E-state index is 0.620. The fourth-order valence-corrected chi connectivity index (χ4v) is 4.95. The van der Waals surface area contributed by atoms with Crippen molar-refractivity contribution >= 4 is 20.6 Å². The lowest BCUT2D eigenvalue weighted by atomic mass is 10.2. The van der Waals surface area contributed by atoms with Crippen molar-refractivity contribution in [3.05, 3.63) is 29.8 Å². The molecule has 1 aromatic carbocycles. The van der Waals surface area contributed by atoms with Gasteiger partial charge in [0, 0.05) is 30.8 Å². The third-order valence-corrected chi connectivity index (χ3v) is 6.44. The molecule has 0 unspecified atom stereocenters. The van der Waals surface area contributed by atoms with Gasteiger partial charge in [0.15, 0.2) is 0 Å². The lowest BCUT2D eigenvalue weighted by molar-refractivity contribution is 0.0704. The van der Waals surface area contributed by atoms with Gasteiger partial charge in [-0.05, 0) is 44.7 Å². The summed E-state index contributed by atoms with van der Waals surface area (Å²) in [5, 5.41) is 0. The van der Waals surface area contributed by atoms with E-state index in [2.05, 4.69) is 30.5 Å². The number of thioether (sulfide) groups is 1. The molecular weight excluding hydrogens is 276 g/mol. The predicted molar refractivity (Wildman–Crippen MR) is 82.6 cm³/mol. The molecule has 0 atom stereocenters. The molecule has 0 saturated heterocycles. The fraction of sp³-hybridized carbons (Fsp3) is 0.571. The van der Waals surface area contributed by atoms with Gasteiger partial charge in [-0.15, -0.1) is 11.8 Å². The molecule has 0 fully saturated rings. The highest BCUT2D eigenvalue weighted by Gasteiger charge is 2.40. The fourth-order valence-electron chi connectivity index (χ4n) is 1.93. The molecule has 5 heteroatoms. The van der Waals surface area contributed by atoms with Crippen LogP contribution in [-0.4, -0.2) is 34.9 Å². The van der Waals surface area contributed by atoms with Crippen LogP contribution in [0.15, 0.2) is 29.2 Å². The SMILES string of the molecule is CCO[Si](Cc1ccc(SC)cc1)(OCC)OCC. The van der Waals surface area contributed by atoms with Crippen molar-refractivity contribution in [2.24, 2.45) is 0 Å². The van der Waals surface area contributed by atoms with E-state index in [0.717, 1.165) is 6.04 Å². The molecule has 108 valence electrons. The smallest absolute Gasteiger partial charge is 0.374 e. The van der Waals surface area contributed by atoms with Crippen molar-refractivity contribution in [3.63, 3.8) is 0 Å². The Morgan fingerprint density at radius 2 is 1.37 bits per heavy atom. The summed E-state index contributed by atoms with van der Waals surface area (Å²) in [6, 6.07) is 9.25. The monoisotopic (exact) mass is 300 g/mol. The molecule has 0 radical (unpaired) electrons. The Labute approximate surface area is 122 Å². The molecule has 0 saturated carbocycles. The summed E-state index contributed by atoms with van der Waals surface area (Å²) in [4.78, 5) is 1.26. The van der Waals surface area contributed by atoms with Crippen LogP contribution >= 0.6 is 11.8 Å². The maximum Gasteiger partial charge on any atom is 0.505 e. The van der Waals surface area contributed by atoms with Gasteiger partial charge < -0.3 is 13.3 Å². The van der Waals surface area contributed by atoms with E-state index in [0.29, 0.717) is 19.8 Å². The first-order chi connectivity index (χ1) is 9.19. The molecule has 1 rings (SSSR count). The first-order valence-corrected chi connectivity index (χ1v) is 9.90. The second-order valence-electron chi connectivity index (χ2n) is 4.01. The van der Waals surface area contributed by atoms with Gasteiger partial charge >= 0.3 is 8.80 Å². The molecule has 0 aliphatic heterocycles. The quantitative estimate of drug-likeness (QED) is 0.515. The van der Waals surface area contributed by atoms with Crippen LogP contribution in [0.1, 0.15) is 26.3 Å². The molecule has 0 aliphatic rings. The lowest BCUT2D eigenvalue weighted by Crippen LogP contribution is -2.48. The van der Waals surface area contributed by atoms with Crippen LogP contribution in [0.4, 0.5) is 0 Å². The molecule has 0 aromatic heterocycles. The van der Waals surface area contributed by atoms with Crippen LogP contribution in [0, 0.1) is 0 Å². The Morgan fingerprint density at radius 1 is 0.895 bits per heavy atom. The predicted octanol–water partition coefficient (Wildman–Crippen LogP) is 3.54. The minimum atomic E-state index is -2.57. The normalized spacial score (nSPS) is 11.8. The molecule has 0 spiro atoms. The molecule has 19 heavy (non-hydrogen) atoms. The standard InChI is InChI=1S/C14H24O3SSi/c1-5-15-19(16-6-2,17-7-3)12-13-8-10-14(18-4)11-9-13/h8-11H,5-7,12H2,1-4H3. The van der Waals surface area contributed by atoms with Crippen molar-refractivity contribution in [2.75, 3.05) is 26.1 Å². The van der Waals surface area contributed by atoms with E-state index in [1.54, 1.807) is 11.8 Å². The topological polar surface area (TPSA) is 27.7 Å². The number of rotatable bonds is 9. The summed E-state index contributed by atoms with van der Waals surface area (Å²) < 4.78 is 17.6. The Bertz CT molecular complexity index is 339. The van der Waals surface area contributed by atoms with Gasteiger partial charge in [-0.1, -0.05) is 12.1 Å². The Balaban J connectivity index is 2.84. The summed E-state index contributed by atoms with van der Waals surface area (Å²) in [5.74, 6) is 0. The third kappa shape index (κ3) is 5.28. The van der Waals surface area contributed by atoms with Gasteiger partial charge in [-0.2, -0.15) is 0 Å². The summed E-state index contributed by atoms with van der Waals surface area (Å²) in [7, 11) is -2.57. The van der Waals surface area contributed by atoms with Gasteiger partial charge in [0.2, 0.25) is 0 Å². The zero-order valence-corrected chi connectivity index (χ0v) is 14.1. The Kier molecular flexibility index (Phi) is 7.71. The van der Waals surface area contributed by atoms with Crippen molar-refractivity contribution in [1.29, 1.82) is 0 Å². The summed E-state index contributed by atoms with van der Waals surface area (Å²) in [6.07, 6.45) is 2.08. The maximum atomic E-state index is 5.86. The van der Waals surface area contributed by atoms with Crippen LogP contribution < -0.4 is 0 Å². The second kappa shape index (κ2) is 8.76. The molecule has 3 nitrogen and oxygen atoms in total. The average molecular weight is 300 g/mol. The molecule has 0 heterocycles. The number of benzene rings is 1. The highest BCUT2D eigenvalue weighted by atomic mass is 32.2. The number of hydrogen-bond acceptors (Lipinski definition) is 4. The highest BCUT2D eigenvalue weighted by Crippen LogP contribution is 2.20. The van der Waals surface area contributed by atoms with Crippen molar-refractivity contribution in [3.8, 4) is 0 Å². The molecular formula is C14H24O3SSi. The second-order valence-corrected chi connectivity index (χ2v) is 7.47. The van der Waals surface area contributed by atoms with Gasteiger partial charge in [0.05, 0.1) is 0 Å². The van der Waals surface area contributed by atoms with Crippen LogP contribution in [0.25, 0.3) is 0 Å². The summed E-state index contributed by atoms with van der Waals surface area (Å²) in [6.45, 7) is 7.81. The largest absolute Gasteiger partial charge is 0.505 e. The third-order valence-electron chi connectivity index (χ3n) is 2.67. The van der Waals surface area contributed by atoms with E-state index in [4.69, 9.17) is 13.3 Å². The summed E-state index contributed by atoms with van der Waals surface area (Å²) in [5.41, 5.74) is 1.21. The Hall–Kier alpha value is -0.333. The molecule has 0 N–H and O–H groups in total. The van der Waals surface area contributed by atoms with Gasteiger partial charge in [-0.3, -0.25) is 0 Å². The highest BCUT2D eigenvalue weighted by molar-refractivity contribution is 7.98. The van der Waals surface area contributed by atoms with Crippen LogP contribution in [0.5, 0.6) is 0 Å². The van der Waals surface area contributed by atoms with Crippen LogP contribution in [0.2, 0.25) is 0 Å². The van der Waals surface area contributed by atoms with Crippen molar-refractivity contribution < 1.29 is 13.3 Å². The lowest BCUT2D eigenvalue weighted by Gasteiger charge is -2.28. The van der Waals surface area contributed by atoms with Crippen molar-refractivity contribution in [2.45, 2.75) is 31.7 Å². The van der Waals surface area contributed by atoms with Gasteiger partial charge in [0.25, 0.3) is 0 Å². The zero-order valence-electron chi connectivity index (χ0n) is 12.3. The molecule has 0 bridgehead atoms. The number of hydrogen-bond donors (Lipinski definition) is 0. The van der Waals surface area contributed by atoms with E-state index in [9.17, 15) is 0 Å². The van der Waals surface area contributed by atoms with E-state index in [1.807, 2.05) is 20.8 Å². The average Bonchev–Trinajstić information content (AvgIpc) is 2.40. The molecule has 0 aliphatic carbocycles. The van der Waals surface area contributed by atoms with Gasteiger partial charge in [-0.25, -0.2) is 0 Å². The van der Waals surface area contributed by atoms with E-state index >= 15 is 0 Å². The summed E-state index contributed by atoms with van der Waals surface area (Å²) >= 11 is 1.74. The maximum absolute atomic E-state index is 5.86.